The maximum absolute atomic E-state index is 13.6. The zero-order valence-corrected chi connectivity index (χ0v) is 14.5. The van der Waals surface area contributed by atoms with Gasteiger partial charge in [-0.25, -0.2) is 18.7 Å². The van der Waals surface area contributed by atoms with Crippen LogP contribution in [0.4, 0.5) is 20.5 Å². The van der Waals surface area contributed by atoms with Crippen molar-refractivity contribution in [3.63, 3.8) is 0 Å². The van der Waals surface area contributed by atoms with Gasteiger partial charge < -0.3 is 10.2 Å². The lowest BCUT2D eigenvalue weighted by Gasteiger charge is -2.12. The smallest absolute Gasteiger partial charge is 0.246 e. The number of amides is 1. The number of halogens is 3. The van der Waals surface area contributed by atoms with Gasteiger partial charge in [0.2, 0.25) is 17.7 Å². The highest BCUT2D eigenvalue weighted by molar-refractivity contribution is 9.10. The average molecular weight is 425 g/mol. The molecule has 2 heterocycles. The minimum absolute atomic E-state index is 0.0988. The van der Waals surface area contributed by atoms with Crippen molar-refractivity contribution in [3.8, 4) is 11.6 Å². The van der Waals surface area contributed by atoms with Gasteiger partial charge in [0.1, 0.15) is 23.6 Å². The predicted molar refractivity (Wildman–Crippen MR) is 91.5 cm³/mol. The molecule has 0 atom stereocenters. The highest BCUT2D eigenvalue weighted by Crippen LogP contribution is 2.30. The van der Waals surface area contributed by atoms with Crippen molar-refractivity contribution >= 4 is 33.6 Å². The summed E-state index contributed by atoms with van der Waals surface area (Å²) < 4.78 is 32.7. The van der Waals surface area contributed by atoms with Gasteiger partial charge in [-0.05, 0) is 28.1 Å². The van der Waals surface area contributed by atoms with Crippen LogP contribution in [0.25, 0.3) is 11.6 Å². The molecule has 2 aromatic heterocycles. The van der Waals surface area contributed by atoms with Gasteiger partial charge in [-0.2, -0.15) is 4.98 Å². The molecule has 0 unspecified atom stereocenters. The standard InChI is InChI=1S/C15H11BrF2N6O2/c16-11-12(14-20-4-5-26-14)21-15(19)22-13(11)24-23-10(25)6-7-8(17)2-1-3-9(7)18/h1-5H,6H2,(H,23,25)(H3,19,21,22,24). The number of nitrogen functional groups attached to an aromatic ring is 1. The summed E-state index contributed by atoms with van der Waals surface area (Å²) in [7, 11) is 0. The van der Waals surface area contributed by atoms with Gasteiger partial charge in [-0.1, -0.05) is 6.07 Å². The van der Waals surface area contributed by atoms with Gasteiger partial charge in [0.15, 0.2) is 5.82 Å². The average Bonchev–Trinajstić information content (AvgIpc) is 3.13. The molecule has 4 N–H and O–H groups in total. The lowest BCUT2D eigenvalue weighted by Crippen LogP contribution is -2.32. The van der Waals surface area contributed by atoms with Gasteiger partial charge in [0, 0.05) is 5.56 Å². The number of rotatable bonds is 5. The van der Waals surface area contributed by atoms with Gasteiger partial charge in [0.05, 0.1) is 17.1 Å². The molecule has 0 aliphatic heterocycles. The Kier molecular flexibility index (Phi) is 5.07. The summed E-state index contributed by atoms with van der Waals surface area (Å²) in [5.74, 6) is -2.09. The van der Waals surface area contributed by atoms with Crippen LogP contribution in [0, 0.1) is 11.6 Å². The van der Waals surface area contributed by atoms with Gasteiger partial charge in [0.25, 0.3) is 0 Å². The van der Waals surface area contributed by atoms with Crippen molar-refractivity contribution in [2.24, 2.45) is 0 Å². The van der Waals surface area contributed by atoms with E-state index in [1.807, 2.05) is 0 Å². The Morgan fingerprint density at radius 2 is 2.00 bits per heavy atom. The molecule has 26 heavy (non-hydrogen) atoms. The van der Waals surface area contributed by atoms with Crippen molar-refractivity contribution in [1.82, 2.24) is 20.4 Å². The van der Waals surface area contributed by atoms with E-state index in [0.717, 1.165) is 12.1 Å². The largest absolute Gasteiger partial charge is 0.443 e. The van der Waals surface area contributed by atoms with Gasteiger partial charge >= 0.3 is 0 Å². The van der Waals surface area contributed by atoms with Crippen LogP contribution in [0.15, 0.2) is 39.5 Å². The van der Waals surface area contributed by atoms with Crippen molar-refractivity contribution in [3.05, 3.63) is 52.3 Å². The van der Waals surface area contributed by atoms with Crippen LogP contribution in [0.3, 0.4) is 0 Å². The van der Waals surface area contributed by atoms with Crippen molar-refractivity contribution in [1.29, 1.82) is 0 Å². The normalized spacial score (nSPS) is 10.6. The first-order valence-corrected chi connectivity index (χ1v) is 7.95. The quantitative estimate of drug-likeness (QED) is 0.538. The fourth-order valence-corrected chi connectivity index (χ4v) is 2.51. The SMILES string of the molecule is Nc1nc(NNC(=O)Cc2c(F)cccc2F)c(Br)c(-c2ncco2)n1. The Labute approximate surface area is 153 Å². The first-order chi connectivity index (χ1) is 12.5. The number of anilines is 2. The summed E-state index contributed by atoms with van der Waals surface area (Å²) in [6, 6.07) is 3.36. The van der Waals surface area contributed by atoms with Gasteiger partial charge in [-0.3, -0.25) is 15.6 Å². The van der Waals surface area contributed by atoms with Crippen molar-refractivity contribution in [2.75, 3.05) is 11.2 Å². The zero-order chi connectivity index (χ0) is 18.7. The summed E-state index contributed by atoms with van der Waals surface area (Å²) in [6.07, 6.45) is 2.28. The summed E-state index contributed by atoms with van der Waals surface area (Å²) in [6.45, 7) is 0. The van der Waals surface area contributed by atoms with Gasteiger partial charge in [-0.15, -0.1) is 0 Å². The summed E-state index contributed by atoms with van der Waals surface area (Å²) in [4.78, 5) is 23.9. The number of hydrazine groups is 1. The Morgan fingerprint density at radius 1 is 1.27 bits per heavy atom. The first kappa shape index (κ1) is 17.7. The van der Waals surface area contributed by atoms with Crippen molar-refractivity contribution in [2.45, 2.75) is 6.42 Å². The van der Waals surface area contributed by atoms with E-state index in [1.54, 1.807) is 0 Å². The molecule has 1 aromatic carbocycles. The van der Waals surface area contributed by atoms with Crippen LogP contribution in [0.2, 0.25) is 0 Å². The summed E-state index contributed by atoms with van der Waals surface area (Å²) >= 11 is 3.26. The van der Waals surface area contributed by atoms with E-state index in [2.05, 4.69) is 41.7 Å². The van der Waals surface area contributed by atoms with E-state index in [9.17, 15) is 13.6 Å². The molecular weight excluding hydrogens is 414 g/mol. The number of nitrogens with one attached hydrogen (secondary N) is 2. The number of oxazole rings is 1. The summed E-state index contributed by atoms with van der Waals surface area (Å²) in [5.41, 5.74) is 10.4. The van der Waals surface area contributed by atoms with Crippen LogP contribution < -0.4 is 16.6 Å². The molecule has 0 radical (unpaired) electrons. The molecule has 1 amide bonds. The molecule has 0 aliphatic rings. The molecule has 134 valence electrons. The van der Waals surface area contributed by atoms with E-state index >= 15 is 0 Å². The second kappa shape index (κ2) is 7.44. The maximum Gasteiger partial charge on any atom is 0.246 e. The number of hydrogen-bond donors (Lipinski definition) is 3. The molecule has 0 saturated heterocycles. The molecule has 11 heteroatoms. The van der Waals surface area contributed by atoms with E-state index in [0.29, 0.717) is 4.47 Å². The Morgan fingerprint density at radius 3 is 2.65 bits per heavy atom. The molecule has 3 aromatic rings. The minimum atomic E-state index is -0.807. The molecule has 0 spiro atoms. The number of aromatic nitrogens is 3. The van der Waals surface area contributed by atoms with E-state index in [1.165, 1.54) is 18.5 Å². The topological polar surface area (TPSA) is 119 Å². The maximum atomic E-state index is 13.6. The summed E-state index contributed by atoms with van der Waals surface area (Å²) in [5, 5.41) is 0. The number of carbonyl (C=O) groups is 1. The molecule has 0 bridgehead atoms. The van der Waals surface area contributed by atoms with Crippen LogP contribution in [-0.2, 0) is 11.2 Å². The monoisotopic (exact) mass is 424 g/mol. The fourth-order valence-electron chi connectivity index (χ4n) is 2.06. The third-order valence-electron chi connectivity index (χ3n) is 3.22. The number of nitrogens with two attached hydrogens (primary N) is 1. The number of hydrogen-bond acceptors (Lipinski definition) is 7. The second-order valence-corrected chi connectivity index (χ2v) is 5.77. The van der Waals surface area contributed by atoms with Crippen LogP contribution >= 0.6 is 15.9 Å². The highest BCUT2D eigenvalue weighted by Gasteiger charge is 2.18. The minimum Gasteiger partial charge on any atom is -0.443 e. The van der Waals surface area contributed by atoms with E-state index < -0.39 is 24.0 Å². The Balaban J connectivity index is 1.75. The van der Waals surface area contributed by atoms with E-state index in [4.69, 9.17) is 10.2 Å². The predicted octanol–water partition coefficient (Wildman–Crippen LogP) is 2.44. The molecule has 0 fully saturated rings. The van der Waals surface area contributed by atoms with Crippen LogP contribution in [-0.4, -0.2) is 20.9 Å². The number of carbonyl (C=O) groups excluding carboxylic acids is 1. The number of nitrogens with zero attached hydrogens (tertiary/aromatic N) is 3. The molecule has 3 rings (SSSR count). The lowest BCUT2D eigenvalue weighted by molar-refractivity contribution is -0.120. The third kappa shape index (κ3) is 3.77. The first-order valence-electron chi connectivity index (χ1n) is 7.16. The third-order valence-corrected chi connectivity index (χ3v) is 3.97. The van der Waals surface area contributed by atoms with Crippen molar-refractivity contribution < 1.29 is 18.0 Å². The zero-order valence-electron chi connectivity index (χ0n) is 13.0. The molecule has 0 aliphatic carbocycles. The van der Waals surface area contributed by atoms with Crippen LogP contribution in [0.5, 0.6) is 0 Å². The highest BCUT2D eigenvalue weighted by atomic mass is 79.9. The Bertz CT molecular complexity index is 931. The Hall–Kier alpha value is -3.08. The second-order valence-electron chi connectivity index (χ2n) is 4.98. The molecule has 0 saturated carbocycles. The van der Waals surface area contributed by atoms with Crippen LogP contribution in [0.1, 0.15) is 5.56 Å². The lowest BCUT2D eigenvalue weighted by atomic mass is 10.1. The molecule has 8 nitrogen and oxygen atoms in total. The fraction of sp³-hybridized carbons (Fsp3) is 0.0667. The van der Waals surface area contributed by atoms with E-state index in [-0.39, 0.29) is 28.9 Å². The number of benzene rings is 1. The molecular formula is C15H11BrF2N6O2.